The van der Waals surface area contributed by atoms with E-state index in [1.54, 1.807) is 6.20 Å². The number of nitrogens with one attached hydrogen (secondary N) is 1. The number of carboxylic acid groups (broad SMARTS) is 1. The van der Waals surface area contributed by atoms with Crippen LogP contribution in [0.3, 0.4) is 0 Å². The van der Waals surface area contributed by atoms with E-state index in [1.807, 2.05) is 24.3 Å². The van der Waals surface area contributed by atoms with Crippen molar-refractivity contribution in [3.8, 4) is 11.1 Å². The van der Waals surface area contributed by atoms with Gasteiger partial charge in [-0.1, -0.05) is 30.3 Å². The van der Waals surface area contributed by atoms with E-state index in [0.717, 1.165) is 22.2 Å². The summed E-state index contributed by atoms with van der Waals surface area (Å²) in [7, 11) is 0. The average Bonchev–Trinajstić information content (AvgIpc) is 3.19. The molecule has 0 aliphatic heterocycles. The predicted octanol–water partition coefficient (Wildman–Crippen LogP) is 5.23. The number of carbonyl (C=O) groups is 1. The van der Waals surface area contributed by atoms with Crippen LogP contribution in [-0.2, 0) is 11.3 Å². The summed E-state index contributed by atoms with van der Waals surface area (Å²) in [5.74, 6) is -2.83. The first-order valence-electron chi connectivity index (χ1n) is 9.27. The molecule has 0 fully saturated rings. The lowest BCUT2D eigenvalue weighted by Crippen LogP contribution is -2.10. The van der Waals surface area contributed by atoms with Crippen LogP contribution in [0.25, 0.3) is 22.0 Å². The topological polar surface area (TPSA) is 84.3 Å². The summed E-state index contributed by atoms with van der Waals surface area (Å²) >= 11 is 1.07. The highest BCUT2D eigenvalue weighted by Crippen LogP contribution is 2.37. The minimum Gasteiger partial charge on any atom is -0.478 e. The maximum Gasteiger partial charge on any atom is 0.339 e. The van der Waals surface area contributed by atoms with E-state index in [0.29, 0.717) is 5.82 Å². The van der Waals surface area contributed by atoms with Crippen LogP contribution in [0, 0.1) is 18.6 Å². The van der Waals surface area contributed by atoms with Crippen molar-refractivity contribution in [2.24, 2.45) is 0 Å². The van der Waals surface area contributed by atoms with E-state index >= 15 is 0 Å². The molecule has 0 radical (unpaired) electrons. The molecule has 31 heavy (non-hydrogen) atoms. The van der Waals surface area contributed by atoms with Gasteiger partial charge in [0.25, 0.3) is 0 Å². The van der Waals surface area contributed by atoms with E-state index < -0.39 is 17.6 Å². The molecule has 0 bridgehead atoms. The summed E-state index contributed by atoms with van der Waals surface area (Å²) in [5.41, 5.74) is 0.811. The van der Waals surface area contributed by atoms with E-state index in [2.05, 4.69) is 15.3 Å². The molecule has 6 nitrogen and oxygen atoms in total. The lowest BCUT2D eigenvalue weighted by atomic mass is 10.0. The normalized spacial score (nSPS) is 11.1. The predicted molar refractivity (Wildman–Crippen MR) is 114 cm³/mol. The number of anilines is 1. The minimum atomic E-state index is -1.25. The Hall–Kier alpha value is -3.43. The molecule has 0 atom stereocenters. The highest BCUT2D eigenvalue weighted by atomic mass is 32.1. The molecular formula is C22H17F2N3O3S. The summed E-state index contributed by atoms with van der Waals surface area (Å²) in [5, 5.41) is 15.2. The number of fused-ring (bicyclic) bond motifs is 1. The smallest absolute Gasteiger partial charge is 0.339 e. The van der Waals surface area contributed by atoms with Crippen molar-refractivity contribution in [2.45, 2.75) is 13.5 Å². The second kappa shape index (κ2) is 8.75. The number of nitrogens with zero attached hydrogens (tertiary/aromatic N) is 2. The number of rotatable bonds is 7. The van der Waals surface area contributed by atoms with Crippen LogP contribution in [-0.4, -0.2) is 27.8 Å². The molecule has 0 saturated heterocycles. The number of carboxylic acids is 1. The van der Waals surface area contributed by atoms with Gasteiger partial charge in [0.1, 0.15) is 23.9 Å². The molecule has 4 aromatic rings. The Morgan fingerprint density at radius 3 is 2.77 bits per heavy atom. The highest BCUT2D eigenvalue weighted by molar-refractivity contribution is 7.15. The molecule has 0 aliphatic carbocycles. The highest BCUT2D eigenvalue weighted by Gasteiger charge is 2.23. The van der Waals surface area contributed by atoms with Crippen molar-refractivity contribution in [3.63, 3.8) is 0 Å². The summed E-state index contributed by atoms with van der Waals surface area (Å²) in [6, 6.07) is 10.4. The summed E-state index contributed by atoms with van der Waals surface area (Å²) in [4.78, 5) is 20.4. The van der Waals surface area contributed by atoms with Gasteiger partial charge in [-0.05, 0) is 18.6 Å². The average molecular weight is 441 g/mol. The SMILES string of the molecule is Cc1ccc(-c2csc(NCOCc3ncc4ccccc4n3)c2C(=O)O)c(F)c1F. The van der Waals surface area contributed by atoms with Crippen LogP contribution in [0.15, 0.2) is 48.0 Å². The second-order valence-electron chi connectivity index (χ2n) is 6.73. The molecule has 0 amide bonds. The number of hydrogen-bond acceptors (Lipinski definition) is 6. The van der Waals surface area contributed by atoms with Gasteiger partial charge in [0.2, 0.25) is 0 Å². The lowest BCUT2D eigenvalue weighted by molar-refractivity contribution is 0.0699. The largest absolute Gasteiger partial charge is 0.478 e. The molecular weight excluding hydrogens is 424 g/mol. The van der Waals surface area contributed by atoms with Gasteiger partial charge in [0.15, 0.2) is 17.5 Å². The second-order valence-corrected chi connectivity index (χ2v) is 7.61. The molecule has 2 aromatic carbocycles. The minimum absolute atomic E-state index is 0.0127. The van der Waals surface area contributed by atoms with Crippen LogP contribution in [0.4, 0.5) is 13.8 Å². The Labute approximate surface area is 180 Å². The maximum atomic E-state index is 14.4. The Balaban J connectivity index is 1.47. The van der Waals surface area contributed by atoms with Crippen LogP contribution in [0.5, 0.6) is 0 Å². The number of aromatic nitrogens is 2. The zero-order chi connectivity index (χ0) is 22.0. The molecule has 0 spiro atoms. The standard InChI is InChI=1S/C22H17F2N3O3S/c1-12-6-7-14(20(24)19(12)23)15-10-31-21(18(15)22(28)29)26-11-30-9-17-25-8-13-4-2-3-5-16(13)27-17/h2-8,10,26H,9,11H2,1H3,(H,28,29). The molecule has 2 aromatic heterocycles. The fraction of sp³-hybridized carbons (Fsp3) is 0.136. The van der Waals surface area contributed by atoms with Crippen LogP contribution in [0.1, 0.15) is 21.7 Å². The molecule has 4 rings (SSSR count). The molecule has 0 aliphatic rings. The van der Waals surface area contributed by atoms with Crippen molar-refractivity contribution < 1.29 is 23.4 Å². The Kier molecular flexibility index (Phi) is 5.88. The number of benzene rings is 2. The summed E-state index contributed by atoms with van der Waals surface area (Å²) < 4.78 is 33.9. The van der Waals surface area contributed by atoms with Gasteiger partial charge in [-0.15, -0.1) is 11.3 Å². The first-order valence-corrected chi connectivity index (χ1v) is 10.2. The van der Waals surface area contributed by atoms with Crippen LogP contribution in [0.2, 0.25) is 0 Å². The Morgan fingerprint density at radius 2 is 1.97 bits per heavy atom. The van der Waals surface area contributed by atoms with Crippen molar-refractivity contribution in [2.75, 3.05) is 12.0 Å². The molecule has 9 heteroatoms. The lowest BCUT2D eigenvalue weighted by Gasteiger charge is -2.09. The fourth-order valence-corrected chi connectivity index (χ4v) is 4.03. The number of para-hydroxylation sites is 1. The fourth-order valence-electron chi connectivity index (χ4n) is 3.09. The van der Waals surface area contributed by atoms with Gasteiger partial charge in [0, 0.05) is 28.1 Å². The quantitative estimate of drug-likeness (QED) is 0.302. The van der Waals surface area contributed by atoms with Gasteiger partial charge in [-0.25, -0.2) is 23.5 Å². The van der Waals surface area contributed by atoms with Gasteiger partial charge in [0.05, 0.1) is 5.52 Å². The van der Waals surface area contributed by atoms with Crippen molar-refractivity contribution in [3.05, 3.63) is 76.6 Å². The number of thiophene rings is 1. The van der Waals surface area contributed by atoms with E-state index in [9.17, 15) is 18.7 Å². The molecule has 158 valence electrons. The first-order chi connectivity index (χ1) is 15.0. The molecule has 0 saturated carbocycles. The molecule has 2 heterocycles. The molecule has 2 N–H and O–H groups in total. The summed E-state index contributed by atoms with van der Waals surface area (Å²) in [6.07, 6.45) is 1.71. The Bertz CT molecular complexity index is 1280. The number of aromatic carboxylic acids is 1. The number of aryl methyl sites for hydroxylation is 1. The van der Waals surface area contributed by atoms with Gasteiger partial charge < -0.3 is 15.2 Å². The first kappa shape index (κ1) is 20.8. The van der Waals surface area contributed by atoms with Gasteiger partial charge in [-0.2, -0.15) is 0 Å². The third-order valence-electron chi connectivity index (χ3n) is 4.68. The number of hydrogen-bond donors (Lipinski definition) is 2. The number of ether oxygens (including phenoxy) is 1. The summed E-state index contributed by atoms with van der Waals surface area (Å²) in [6.45, 7) is 1.55. The van der Waals surface area contributed by atoms with Crippen LogP contribution < -0.4 is 5.32 Å². The van der Waals surface area contributed by atoms with E-state index in [1.165, 1.54) is 24.4 Å². The van der Waals surface area contributed by atoms with Crippen molar-refractivity contribution in [1.82, 2.24) is 9.97 Å². The zero-order valence-corrected chi connectivity index (χ0v) is 17.2. The third-order valence-corrected chi connectivity index (χ3v) is 5.61. The number of halogens is 2. The van der Waals surface area contributed by atoms with Gasteiger partial charge >= 0.3 is 5.97 Å². The maximum absolute atomic E-state index is 14.4. The van der Waals surface area contributed by atoms with Gasteiger partial charge in [-0.3, -0.25) is 0 Å². The van der Waals surface area contributed by atoms with E-state index in [-0.39, 0.29) is 40.6 Å². The van der Waals surface area contributed by atoms with Crippen molar-refractivity contribution in [1.29, 1.82) is 0 Å². The monoisotopic (exact) mass is 441 g/mol. The zero-order valence-electron chi connectivity index (χ0n) is 16.4. The van der Waals surface area contributed by atoms with E-state index in [4.69, 9.17) is 4.74 Å². The van der Waals surface area contributed by atoms with Crippen molar-refractivity contribution >= 4 is 33.2 Å². The Morgan fingerprint density at radius 1 is 1.16 bits per heavy atom. The van der Waals surface area contributed by atoms with Crippen LogP contribution >= 0.6 is 11.3 Å². The third kappa shape index (κ3) is 4.23. The molecule has 0 unspecified atom stereocenters.